The molecule has 0 bridgehead atoms. The van der Waals surface area contributed by atoms with Gasteiger partial charge in [-0.05, 0) is 18.4 Å². The molecule has 1 heterocycles. The largest absolute Gasteiger partial charge is 0.311 e. The summed E-state index contributed by atoms with van der Waals surface area (Å²) in [6.45, 7) is 0. The Morgan fingerprint density at radius 2 is 2.27 bits per heavy atom. The molecule has 60 valence electrons. The summed E-state index contributed by atoms with van der Waals surface area (Å²) in [6, 6.07) is 3.83. The van der Waals surface area contributed by atoms with E-state index in [2.05, 4.69) is 4.98 Å². The molecule has 0 saturated heterocycles. The minimum atomic E-state index is -0.473. The standard InChI is InChI=1S/C7H11N3S/c1-11-5-3-2-4-10-6(5)7(8)9/h2-4,7H,8-9H2,1H3. The number of aromatic nitrogens is 1. The van der Waals surface area contributed by atoms with Gasteiger partial charge in [-0.2, -0.15) is 0 Å². The SMILES string of the molecule is CSc1cccnc1C(N)N. The maximum absolute atomic E-state index is 5.49. The van der Waals surface area contributed by atoms with Gasteiger partial charge >= 0.3 is 0 Å². The van der Waals surface area contributed by atoms with Gasteiger partial charge in [0.2, 0.25) is 0 Å². The van der Waals surface area contributed by atoms with E-state index >= 15 is 0 Å². The molecule has 1 aromatic heterocycles. The van der Waals surface area contributed by atoms with Gasteiger partial charge in [-0.3, -0.25) is 4.98 Å². The van der Waals surface area contributed by atoms with Gasteiger partial charge in [-0.1, -0.05) is 0 Å². The molecule has 0 radical (unpaired) electrons. The summed E-state index contributed by atoms with van der Waals surface area (Å²) in [7, 11) is 0. The minimum absolute atomic E-state index is 0.473. The van der Waals surface area contributed by atoms with Crippen molar-refractivity contribution in [3.05, 3.63) is 24.0 Å². The first-order valence-electron chi connectivity index (χ1n) is 3.25. The van der Waals surface area contributed by atoms with Gasteiger partial charge in [-0.15, -0.1) is 11.8 Å². The smallest absolute Gasteiger partial charge is 0.0971 e. The Labute approximate surface area is 70.2 Å². The lowest BCUT2D eigenvalue weighted by Crippen LogP contribution is -2.22. The van der Waals surface area contributed by atoms with Gasteiger partial charge in [0.1, 0.15) is 0 Å². The summed E-state index contributed by atoms with van der Waals surface area (Å²) in [5, 5.41) is 0. The molecule has 0 aliphatic heterocycles. The molecule has 0 amide bonds. The maximum atomic E-state index is 5.49. The van der Waals surface area contributed by atoms with Crippen LogP contribution in [0.25, 0.3) is 0 Å². The van der Waals surface area contributed by atoms with Crippen LogP contribution in [0.1, 0.15) is 11.9 Å². The number of hydrogen-bond acceptors (Lipinski definition) is 4. The minimum Gasteiger partial charge on any atom is -0.311 e. The molecule has 0 unspecified atom stereocenters. The Morgan fingerprint density at radius 1 is 1.55 bits per heavy atom. The quantitative estimate of drug-likeness (QED) is 0.506. The summed E-state index contributed by atoms with van der Waals surface area (Å²) >= 11 is 1.60. The molecule has 4 N–H and O–H groups in total. The topological polar surface area (TPSA) is 64.9 Å². The van der Waals surface area contributed by atoms with Crippen LogP contribution in [-0.2, 0) is 0 Å². The van der Waals surface area contributed by atoms with Gasteiger partial charge in [0.15, 0.2) is 0 Å². The van der Waals surface area contributed by atoms with Crippen LogP contribution in [0.3, 0.4) is 0 Å². The van der Waals surface area contributed by atoms with Crippen LogP contribution >= 0.6 is 11.8 Å². The highest BCUT2D eigenvalue weighted by atomic mass is 32.2. The van der Waals surface area contributed by atoms with E-state index in [9.17, 15) is 0 Å². The maximum Gasteiger partial charge on any atom is 0.0971 e. The van der Waals surface area contributed by atoms with Crippen LogP contribution in [0.5, 0.6) is 0 Å². The molecule has 0 atom stereocenters. The molecular formula is C7H11N3S. The number of nitrogens with zero attached hydrogens (tertiary/aromatic N) is 1. The van der Waals surface area contributed by atoms with E-state index < -0.39 is 6.17 Å². The molecule has 1 rings (SSSR count). The highest BCUT2D eigenvalue weighted by molar-refractivity contribution is 7.98. The first kappa shape index (κ1) is 8.52. The van der Waals surface area contributed by atoms with Crippen LogP contribution in [0.2, 0.25) is 0 Å². The summed E-state index contributed by atoms with van der Waals surface area (Å²) in [5.41, 5.74) is 11.7. The number of pyridine rings is 1. The molecule has 0 aliphatic rings. The predicted octanol–water partition coefficient (Wildman–Crippen LogP) is 0.720. The van der Waals surface area contributed by atoms with Crippen molar-refractivity contribution in [3.8, 4) is 0 Å². The van der Waals surface area contributed by atoms with E-state index in [1.807, 2.05) is 18.4 Å². The average Bonchev–Trinajstić information content (AvgIpc) is 2.04. The Bertz CT molecular complexity index is 237. The van der Waals surface area contributed by atoms with Crippen molar-refractivity contribution in [2.45, 2.75) is 11.1 Å². The number of nitrogens with two attached hydrogens (primary N) is 2. The van der Waals surface area contributed by atoms with Gasteiger partial charge in [0, 0.05) is 11.1 Å². The second-order valence-corrected chi connectivity index (χ2v) is 2.96. The van der Waals surface area contributed by atoms with E-state index in [1.165, 1.54) is 0 Å². The Kier molecular flexibility index (Phi) is 2.87. The van der Waals surface area contributed by atoms with Crippen molar-refractivity contribution < 1.29 is 0 Å². The lowest BCUT2D eigenvalue weighted by Gasteiger charge is -2.07. The van der Waals surface area contributed by atoms with Gasteiger partial charge in [0.05, 0.1) is 11.9 Å². The fourth-order valence-corrected chi connectivity index (χ4v) is 1.44. The van der Waals surface area contributed by atoms with Crippen molar-refractivity contribution in [3.63, 3.8) is 0 Å². The molecule has 0 aromatic carbocycles. The van der Waals surface area contributed by atoms with Gasteiger partial charge in [-0.25, -0.2) is 0 Å². The normalized spacial score (nSPS) is 10.5. The third kappa shape index (κ3) is 1.92. The Balaban J connectivity index is 3.02. The van der Waals surface area contributed by atoms with Gasteiger partial charge < -0.3 is 11.5 Å². The van der Waals surface area contributed by atoms with Crippen molar-refractivity contribution >= 4 is 11.8 Å². The highest BCUT2D eigenvalue weighted by Gasteiger charge is 2.05. The first-order valence-corrected chi connectivity index (χ1v) is 4.48. The van der Waals surface area contributed by atoms with E-state index in [0.717, 1.165) is 10.6 Å². The van der Waals surface area contributed by atoms with E-state index in [-0.39, 0.29) is 0 Å². The van der Waals surface area contributed by atoms with Crippen molar-refractivity contribution in [2.24, 2.45) is 11.5 Å². The monoisotopic (exact) mass is 169 g/mol. The molecule has 0 spiro atoms. The third-order valence-corrected chi connectivity index (χ3v) is 2.12. The number of rotatable bonds is 2. The van der Waals surface area contributed by atoms with Crippen LogP contribution in [0.15, 0.2) is 23.2 Å². The van der Waals surface area contributed by atoms with Crippen LogP contribution < -0.4 is 11.5 Å². The van der Waals surface area contributed by atoms with Crippen molar-refractivity contribution in [2.75, 3.05) is 6.26 Å². The second kappa shape index (κ2) is 3.71. The fourth-order valence-electron chi connectivity index (χ4n) is 0.826. The van der Waals surface area contributed by atoms with Crippen molar-refractivity contribution in [1.82, 2.24) is 4.98 Å². The Hall–Kier alpha value is -0.580. The molecule has 0 saturated carbocycles. The summed E-state index contributed by atoms with van der Waals surface area (Å²) in [6.07, 6.45) is 3.20. The molecule has 0 aliphatic carbocycles. The average molecular weight is 169 g/mol. The predicted molar refractivity (Wildman–Crippen MR) is 47.1 cm³/mol. The summed E-state index contributed by atoms with van der Waals surface area (Å²) < 4.78 is 0. The lowest BCUT2D eigenvalue weighted by atomic mass is 10.3. The van der Waals surface area contributed by atoms with E-state index in [4.69, 9.17) is 11.5 Å². The number of thioether (sulfide) groups is 1. The Morgan fingerprint density at radius 3 is 2.73 bits per heavy atom. The second-order valence-electron chi connectivity index (χ2n) is 2.12. The zero-order valence-corrected chi connectivity index (χ0v) is 7.14. The van der Waals surface area contributed by atoms with Crippen molar-refractivity contribution in [1.29, 1.82) is 0 Å². The molecule has 11 heavy (non-hydrogen) atoms. The number of hydrogen-bond donors (Lipinski definition) is 2. The van der Waals surface area contributed by atoms with E-state index in [1.54, 1.807) is 18.0 Å². The van der Waals surface area contributed by atoms with Crippen LogP contribution in [0.4, 0.5) is 0 Å². The molecular weight excluding hydrogens is 158 g/mol. The molecule has 3 nitrogen and oxygen atoms in total. The zero-order valence-electron chi connectivity index (χ0n) is 6.32. The lowest BCUT2D eigenvalue weighted by molar-refractivity contribution is 0.721. The highest BCUT2D eigenvalue weighted by Crippen LogP contribution is 2.19. The van der Waals surface area contributed by atoms with Crippen LogP contribution in [0, 0.1) is 0 Å². The van der Waals surface area contributed by atoms with E-state index in [0.29, 0.717) is 0 Å². The fraction of sp³-hybridized carbons (Fsp3) is 0.286. The van der Waals surface area contributed by atoms with Gasteiger partial charge in [0.25, 0.3) is 0 Å². The summed E-state index contributed by atoms with van der Waals surface area (Å²) in [5.74, 6) is 0. The molecule has 0 fully saturated rings. The molecule has 4 heteroatoms. The first-order chi connectivity index (χ1) is 5.25. The summed E-state index contributed by atoms with van der Waals surface area (Å²) in [4.78, 5) is 5.12. The van der Waals surface area contributed by atoms with Crippen LogP contribution in [-0.4, -0.2) is 11.2 Å². The molecule has 1 aromatic rings. The zero-order chi connectivity index (χ0) is 8.27. The third-order valence-electron chi connectivity index (χ3n) is 1.34.